The van der Waals surface area contributed by atoms with E-state index in [4.69, 9.17) is 0 Å². The number of thioether (sulfide) groups is 1. The maximum Gasteiger partial charge on any atom is 0.234 e. The molecule has 2 rings (SSSR count). The van der Waals surface area contributed by atoms with Gasteiger partial charge in [-0.15, -0.1) is 11.8 Å². The highest BCUT2D eigenvalue weighted by Gasteiger charge is 2.07. The first-order valence-electron chi connectivity index (χ1n) is 6.43. The Morgan fingerprint density at radius 3 is 2.62 bits per heavy atom. The second-order valence-corrected chi connectivity index (χ2v) is 5.58. The Kier molecular flexibility index (Phi) is 5.33. The van der Waals surface area contributed by atoms with E-state index in [1.165, 1.54) is 29.0 Å². The van der Waals surface area contributed by atoms with E-state index in [0.717, 1.165) is 17.9 Å². The molecule has 0 aliphatic carbocycles. The lowest BCUT2D eigenvalue weighted by atomic mass is 10.1. The second kappa shape index (κ2) is 7.22. The largest absolute Gasteiger partial charge is 0.325 e. The molecule has 21 heavy (non-hydrogen) atoms. The van der Waals surface area contributed by atoms with Crippen molar-refractivity contribution in [3.05, 3.63) is 65.2 Å². The van der Waals surface area contributed by atoms with Gasteiger partial charge >= 0.3 is 0 Å². The number of anilines is 1. The molecule has 0 radical (unpaired) electrons. The number of amides is 1. The number of rotatable bonds is 5. The molecular formula is C16H15F2NOS. The second-order valence-electron chi connectivity index (χ2n) is 4.60. The molecule has 110 valence electrons. The fourth-order valence-corrected chi connectivity index (χ4v) is 2.70. The van der Waals surface area contributed by atoms with Crippen LogP contribution in [0.15, 0.2) is 42.5 Å². The number of nitrogens with one attached hydrogen (secondary N) is 1. The standard InChI is InChI=1S/C16H15F2NOS/c1-11-4-2-3-5-12(11)9-21-10-16(20)19-13-6-7-14(17)15(18)8-13/h2-8H,9-10H2,1H3,(H,19,20). The first-order chi connectivity index (χ1) is 10.1. The Morgan fingerprint density at radius 2 is 1.90 bits per heavy atom. The summed E-state index contributed by atoms with van der Waals surface area (Å²) in [4.78, 5) is 11.7. The van der Waals surface area contributed by atoms with Gasteiger partial charge in [0.25, 0.3) is 0 Å². The smallest absolute Gasteiger partial charge is 0.234 e. The van der Waals surface area contributed by atoms with E-state index in [0.29, 0.717) is 0 Å². The van der Waals surface area contributed by atoms with Crippen LogP contribution in [0, 0.1) is 18.6 Å². The predicted octanol–water partition coefficient (Wildman–Crippen LogP) is 4.15. The molecule has 2 aromatic carbocycles. The number of halogens is 2. The minimum atomic E-state index is -0.972. The Bertz CT molecular complexity index is 646. The number of aryl methyl sites for hydroxylation is 1. The normalized spacial score (nSPS) is 10.4. The first-order valence-corrected chi connectivity index (χ1v) is 7.59. The average Bonchev–Trinajstić information content (AvgIpc) is 2.45. The van der Waals surface area contributed by atoms with Crippen molar-refractivity contribution >= 4 is 23.4 Å². The van der Waals surface area contributed by atoms with E-state index in [2.05, 4.69) is 5.32 Å². The van der Waals surface area contributed by atoms with Crippen LogP contribution in [0.25, 0.3) is 0 Å². The molecular weight excluding hydrogens is 292 g/mol. The monoisotopic (exact) mass is 307 g/mol. The van der Waals surface area contributed by atoms with Gasteiger partial charge in [-0.25, -0.2) is 8.78 Å². The molecule has 0 spiro atoms. The van der Waals surface area contributed by atoms with E-state index in [1.54, 1.807) is 0 Å². The summed E-state index contributed by atoms with van der Waals surface area (Å²) in [5.74, 6) is -1.15. The van der Waals surface area contributed by atoms with E-state index in [-0.39, 0.29) is 17.3 Å². The Hall–Kier alpha value is -1.88. The molecule has 2 nitrogen and oxygen atoms in total. The van der Waals surface area contributed by atoms with Crippen molar-refractivity contribution in [1.29, 1.82) is 0 Å². The van der Waals surface area contributed by atoms with Gasteiger partial charge in [0, 0.05) is 17.5 Å². The number of hydrogen-bond acceptors (Lipinski definition) is 2. The summed E-state index contributed by atoms with van der Waals surface area (Å²) in [5.41, 5.74) is 2.63. The van der Waals surface area contributed by atoms with Gasteiger partial charge in [-0.05, 0) is 30.2 Å². The third-order valence-electron chi connectivity index (χ3n) is 2.96. The van der Waals surface area contributed by atoms with Gasteiger partial charge in [0.15, 0.2) is 11.6 Å². The Labute approximate surface area is 126 Å². The van der Waals surface area contributed by atoms with Gasteiger partial charge in [0.05, 0.1) is 5.75 Å². The quantitative estimate of drug-likeness (QED) is 0.899. The molecule has 0 saturated carbocycles. The van der Waals surface area contributed by atoms with E-state index in [1.807, 2.05) is 31.2 Å². The molecule has 2 aromatic rings. The molecule has 0 aliphatic heterocycles. The van der Waals surface area contributed by atoms with Crippen molar-refractivity contribution in [3.8, 4) is 0 Å². The highest BCUT2D eigenvalue weighted by Crippen LogP contribution is 2.17. The van der Waals surface area contributed by atoms with Crippen LogP contribution in [-0.4, -0.2) is 11.7 Å². The lowest BCUT2D eigenvalue weighted by Gasteiger charge is -2.07. The summed E-state index contributed by atoms with van der Waals surface area (Å²) >= 11 is 1.48. The fourth-order valence-electron chi connectivity index (χ4n) is 1.80. The number of benzene rings is 2. The van der Waals surface area contributed by atoms with Gasteiger partial charge < -0.3 is 5.32 Å². The topological polar surface area (TPSA) is 29.1 Å². The molecule has 5 heteroatoms. The van der Waals surface area contributed by atoms with Crippen molar-refractivity contribution in [3.63, 3.8) is 0 Å². The summed E-state index contributed by atoms with van der Waals surface area (Å²) < 4.78 is 25.8. The number of hydrogen-bond donors (Lipinski definition) is 1. The lowest BCUT2D eigenvalue weighted by molar-refractivity contribution is -0.113. The van der Waals surface area contributed by atoms with Crippen LogP contribution in [0.5, 0.6) is 0 Å². The van der Waals surface area contributed by atoms with Crippen molar-refractivity contribution in [2.45, 2.75) is 12.7 Å². The van der Waals surface area contributed by atoms with Gasteiger partial charge in [-0.1, -0.05) is 24.3 Å². The zero-order chi connectivity index (χ0) is 15.2. The van der Waals surface area contributed by atoms with Gasteiger partial charge in [-0.2, -0.15) is 0 Å². The van der Waals surface area contributed by atoms with E-state index in [9.17, 15) is 13.6 Å². The maximum absolute atomic E-state index is 13.0. The summed E-state index contributed by atoms with van der Waals surface area (Å²) in [6, 6.07) is 11.3. The minimum absolute atomic E-state index is 0.236. The van der Waals surface area contributed by atoms with Crippen molar-refractivity contribution in [1.82, 2.24) is 0 Å². The molecule has 1 N–H and O–H groups in total. The van der Waals surface area contributed by atoms with Crippen LogP contribution >= 0.6 is 11.8 Å². The fraction of sp³-hybridized carbons (Fsp3) is 0.188. The van der Waals surface area contributed by atoms with Crippen molar-refractivity contribution < 1.29 is 13.6 Å². The summed E-state index contributed by atoms with van der Waals surface area (Å²) in [7, 11) is 0. The lowest BCUT2D eigenvalue weighted by Crippen LogP contribution is -2.14. The molecule has 1 amide bonds. The molecule has 0 aromatic heterocycles. The first kappa shape index (κ1) is 15.5. The van der Waals surface area contributed by atoms with Crippen LogP contribution < -0.4 is 5.32 Å². The van der Waals surface area contributed by atoms with Gasteiger partial charge in [0.1, 0.15) is 0 Å². The molecule has 0 fully saturated rings. The maximum atomic E-state index is 13.0. The minimum Gasteiger partial charge on any atom is -0.325 e. The van der Waals surface area contributed by atoms with Crippen LogP contribution in [0.1, 0.15) is 11.1 Å². The summed E-state index contributed by atoms with van der Waals surface area (Å²) in [6.45, 7) is 2.03. The Morgan fingerprint density at radius 1 is 1.14 bits per heavy atom. The Balaban J connectivity index is 1.82. The van der Waals surface area contributed by atoms with Crippen LogP contribution in [0.4, 0.5) is 14.5 Å². The molecule has 0 aliphatic rings. The number of carbonyl (C=O) groups is 1. The number of carbonyl (C=O) groups excluding carboxylic acids is 1. The SMILES string of the molecule is Cc1ccccc1CSCC(=O)Nc1ccc(F)c(F)c1. The van der Waals surface area contributed by atoms with Crippen molar-refractivity contribution in [2.75, 3.05) is 11.1 Å². The van der Waals surface area contributed by atoms with E-state index >= 15 is 0 Å². The molecule has 0 unspecified atom stereocenters. The third-order valence-corrected chi connectivity index (χ3v) is 3.94. The predicted molar refractivity (Wildman–Crippen MR) is 82.3 cm³/mol. The molecule has 0 saturated heterocycles. The van der Waals surface area contributed by atoms with Crippen LogP contribution in [0.3, 0.4) is 0 Å². The summed E-state index contributed by atoms with van der Waals surface area (Å²) in [6.07, 6.45) is 0. The zero-order valence-corrected chi connectivity index (χ0v) is 12.3. The molecule has 0 bridgehead atoms. The summed E-state index contributed by atoms with van der Waals surface area (Å²) in [5, 5.41) is 2.54. The van der Waals surface area contributed by atoms with Gasteiger partial charge in [0.2, 0.25) is 5.91 Å². The molecule has 0 heterocycles. The van der Waals surface area contributed by atoms with Crippen molar-refractivity contribution in [2.24, 2.45) is 0 Å². The highest BCUT2D eigenvalue weighted by molar-refractivity contribution is 7.99. The van der Waals surface area contributed by atoms with Gasteiger partial charge in [-0.3, -0.25) is 4.79 Å². The van der Waals surface area contributed by atoms with Crippen LogP contribution in [-0.2, 0) is 10.5 Å². The van der Waals surface area contributed by atoms with Crippen LogP contribution in [0.2, 0.25) is 0 Å². The van der Waals surface area contributed by atoms with E-state index < -0.39 is 11.6 Å². The highest BCUT2D eigenvalue weighted by atomic mass is 32.2. The third kappa shape index (κ3) is 4.56. The average molecular weight is 307 g/mol. The molecule has 0 atom stereocenters. The zero-order valence-electron chi connectivity index (χ0n) is 11.5.